The molecular formula is C25H32Cl5F2N3O4. The Kier molecular flexibility index (Phi) is 17.2. The molecule has 2 atom stereocenters. The first kappa shape index (κ1) is 39.3. The minimum Gasteiger partial charge on any atom is -0.460 e. The molecule has 0 heterocycles. The summed E-state index contributed by atoms with van der Waals surface area (Å²) in [5, 5.41) is 4.30. The molecule has 0 saturated heterocycles. The van der Waals surface area contributed by atoms with Gasteiger partial charge in [0.1, 0.15) is 5.60 Å². The van der Waals surface area contributed by atoms with Crippen molar-refractivity contribution < 1.29 is 27.9 Å². The zero-order valence-electron chi connectivity index (χ0n) is 21.1. The van der Waals surface area contributed by atoms with E-state index in [1.54, 1.807) is 27.7 Å². The van der Waals surface area contributed by atoms with E-state index < -0.39 is 47.0 Å². The number of esters is 1. The van der Waals surface area contributed by atoms with Crippen LogP contribution in [-0.4, -0.2) is 29.4 Å². The molecule has 7 nitrogen and oxygen atoms in total. The van der Waals surface area contributed by atoms with Crippen LogP contribution in [0.5, 0.6) is 0 Å². The number of hydrogen-bond donors (Lipinski definition) is 3. The van der Waals surface area contributed by atoms with Gasteiger partial charge in [-0.3, -0.25) is 14.4 Å². The lowest BCUT2D eigenvalue weighted by molar-refractivity contribution is -0.156. The van der Waals surface area contributed by atoms with E-state index in [9.17, 15) is 23.2 Å². The molecule has 0 aliphatic carbocycles. The van der Waals surface area contributed by atoms with E-state index in [4.69, 9.17) is 56.9 Å². The molecule has 0 aliphatic heterocycles. The summed E-state index contributed by atoms with van der Waals surface area (Å²) in [6, 6.07) is 4.38. The standard InChI is InChI=1S/C15H18Cl2FNO3.C9H9Cl2FN2O.CH4.ClH/c1-8(5-12(20)22-15(2,3)4)14(21)19-9-6-10(16)13(18)11(17)7-9;1-4(13)9(15)14-5-2-6(10)8(12)7(11)3-5;;/h6-8H,5H2,1-4H3,(H,19,21);2-4H,13H2,1H3,(H,14,15);1H4;1H/t8-;4-;;/m01../s1. The van der Waals surface area contributed by atoms with E-state index in [-0.39, 0.29) is 52.0 Å². The molecule has 39 heavy (non-hydrogen) atoms. The molecule has 0 aromatic heterocycles. The van der Waals surface area contributed by atoms with Crippen molar-refractivity contribution in [1.29, 1.82) is 0 Å². The first-order valence-electron chi connectivity index (χ1n) is 10.8. The Hall–Kier alpha value is -1.88. The van der Waals surface area contributed by atoms with Crippen molar-refractivity contribution in [3.05, 3.63) is 56.0 Å². The van der Waals surface area contributed by atoms with Crippen LogP contribution in [0.2, 0.25) is 20.1 Å². The number of halogens is 7. The van der Waals surface area contributed by atoms with Crippen LogP contribution >= 0.6 is 58.8 Å². The van der Waals surface area contributed by atoms with E-state index in [1.807, 2.05) is 0 Å². The molecule has 0 unspecified atom stereocenters. The second-order valence-electron chi connectivity index (χ2n) is 8.97. The Bertz CT molecular complexity index is 1120. The summed E-state index contributed by atoms with van der Waals surface area (Å²) >= 11 is 22.4. The quantitative estimate of drug-likeness (QED) is 0.217. The summed E-state index contributed by atoms with van der Waals surface area (Å²) in [7, 11) is 0. The first-order valence-corrected chi connectivity index (χ1v) is 12.3. The van der Waals surface area contributed by atoms with Gasteiger partial charge < -0.3 is 21.1 Å². The molecule has 0 spiro atoms. The predicted octanol–water partition coefficient (Wildman–Crippen LogP) is 7.92. The summed E-state index contributed by atoms with van der Waals surface area (Å²) in [5.41, 5.74) is 5.31. The number of rotatable bonds is 6. The van der Waals surface area contributed by atoms with Crippen LogP contribution in [0.4, 0.5) is 20.2 Å². The fraction of sp³-hybridized carbons (Fsp3) is 0.400. The summed E-state index contributed by atoms with van der Waals surface area (Å²) in [6.07, 6.45) is -0.0637. The van der Waals surface area contributed by atoms with Gasteiger partial charge in [0.25, 0.3) is 0 Å². The van der Waals surface area contributed by atoms with Crippen LogP contribution in [0.3, 0.4) is 0 Å². The Morgan fingerprint density at radius 3 is 1.49 bits per heavy atom. The Morgan fingerprint density at radius 2 is 1.18 bits per heavy atom. The van der Waals surface area contributed by atoms with Crippen molar-refractivity contribution in [2.75, 3.05) is 10.6 Å². The van der Waals surface area contributed by atoms with E-state index in [2.05, 4.69) is 10.6 Å². The zero-order valence-corrected chi connectivity index (χ0v) is 24.9. The second-order valence-corrected chi connectivity index (χ2v) is 10.6. The van der Waals surface area contributed by atoms with Gasteiger partial charge >= 0.3 is 5.97 Å². The van der Waals surface area contributed by atoms with Crippen LogP contribution in [0.15, 0.2) is 24.3 Å². The molecule has 220 valence electrons. The molecule has 0 bridgehead atoms. The number of carbonyl (C=O) groups excluding carboxylic acids is 3. The maximum absolute atomic E-state index is 13.3. The monoisotopic (exact) mass is 651 g/mol. The lowest BCUT2D eigenvalue weighted by Gasteiger charge is -2.20. The molecule has 2 aromatic carbocycles. The van der Waals surface area contributed by atoms with Crippen LogP contribution in [0.1, 0.15) is 48.5 Å². The SMILES string of the molecule is C.C[C@@H](CC(=O)OC(C)(C)C)C(=O)Nc1cc(Cl)c(F)c(Cl)c1.C[C@@H](N)C(=O)Nc1cc(Cl)c(F)c(Cl)c1.Cl. The van der Waals surface area contributed by atoms with Gasteiger partial charge in [0.2, 0.25) is 11.8 Å². The van der Waals surface area contributed by atoms with Gasteiger partial charge in [0.15, 0.2) is 11.6 Å². The summed E-state index contributed by atoms with van der Waals surface area (Å²) in [4.78, 5) is 34.9. The van der Waals surface area contributed by atoms with Crippen LogP contribution in [0.25, 0.3) is 0 Å². The number of hydrogen-bond acceptors (Lipinski definition) is 5. The zero-order chi connectivity index (χ0) is 28.7. The molecular weight excluding hydrogens is 622 g/mol. The summed E-state index contributed by atoms with van der Waals surface area (Å²) in [6.45, 7) is 8.36. The topological polar surface area (TPSA) is 111 Å². The predicted molar refractivity (Wildman–Crippen MR) is 157 cm³/mol. The minimum atomic E-state index is -0.747. The molecule has 14 heteroatoms. The van der Waals surface area contributed by atoms with Crippen molar-refractivity contribution >= 4 is 88.0 Å². The van der Waals surface area contributed by atoms with Crippen molar-refractivity contribution in [3.8, 4) is 0 Å². The number of amides is 2. The van der Waals surface area contributed by atoms with E-state index in [0.29, 0.717) is 5.69 Å². The molecule has 0 radical (unpaired) electrons. The lowest BCUT2D eigenvalue weighted by Crippen LogP contribution is -2.32. The van der Waals surface area contributed by atoms with E-state index in [1.165, 1.54) is 31.2 Å². The van der Waals surface area contributed by atoms with Gasteiger partial charge in [-0.15, -0.1) is 12.4 Å². The average Bonchev–Trinajstić information content (AvgIpc) is 2.74. The van der Waals surface area contributed by atoms with E-state index in [0.717, 1.165) is 0 Å². The fourth-order valence-corrected chi connectivity index (χ4v) is 3.48. The highest BCUT2D eigenvalue weighted by molar-refractivity contribution is 6.36. The molecule has 0 aliphatic rings. The van der Waals surface area contributed by atoms with Gasteiger partial charge in [-0.1, -0.05) is 60.8 Å². The molecule has 2 aromatic rings. The molecule has 4 N–H and O–H groups in total. The summed E-state index contributed by atoms with van der Waals surface area (Å²) in [5.74, 6) is -3.35. The number of benzene rings is 2. The number of carbonyl (C=O) groups is 3. The number of nitrogens with one attached hydrogen (secondary N) is 2. The third-order valence-electron chi connectivity index (χ3n) is 4.26. The van der Waals surface area contributed by atoms with Crippen molar-refractivity contribution in [1.82, 2.24) is 0 Å². The largest absolute Gasteiger partial charge is 0.460 e. The molecule has 2 rings (SSSR count). The lowest BCUT2D eigenvalue weighted by atomic mass is 10.1. The highest BCUT2D eigenvalue weighted by atomic mass is 35.5. The normalized spacial score (nSPS) is 11.9. The fourth-order valence-electron chi connectivity index (χ4n) is 2.50. The third kappa shape index (κ3) is 13.8. The van der Waals surface area contributed by atoms with Gasteiger partial charge in [-0.2, -0.15) is 0 Å². The number of nitrogens with two attached hydrogens (primary N) is 1. The van der Waals surface area contributed by atoms with Gasteiger partial charge in [-0.25, -0.2) is 8.78 Å². The van der Waals surface area contributed by atoms with Gasteiger partial charge in [0, 0.05) is 17.3 Å². The molecule has 2 amide bonds. The number of ether oxygens (including phenoxy) is 1. The minimum absolute atomic E-state index is 0. The Balaban J connectivity index is 0. The van der Waals surface area contributed by atoms with Crippen LogP contribution < -0.4 is 16.4 Å². The van der Waals surface area contributed by atoms with Crippen molar-refractivity contribution in [3.63, 3.8) is 0 Å². The smallest absolute Gasteiger partial charge is 0.307 e. The molecule has 0 fully saturated rings. The highest BCUT2D eigenvalue weighted by Gasteiger charge is 2.22. The summed E-state index contributed by atoms with van der Waals surface area (Å²) < 4.78 is 31.5. The average molecular weight is 654 g/mol. The van der Waals surface area contributed by atoms with Gasteiger partial charge in [0.05, 0.1) is 32.6 Å². The first-order chi connectivity index (χ1) is 16.9. The van der Waals surface area contributed by atoms with E-state index >= 15 is 0 Å². The maximum Gasteiger partial charge on any atom is 0.307 e. The molecule has 0 saturated carbocycles. The van der Waals surface area contributed by atoms with Crippen LogP contribution in [-0.2, 0) is 19.1 Å². The van der Waals surface area contributed by atoms with Gasteiger partial charge in [-0.05, 0) is 52.0 Å². The Labute approximate surface area is 253 Å². The second kappa shape index (κ2) is 17.0. The van der Waals surface area contributed by atoms with Crippen molar-refractivity contribution in [2.45, 2.75) is 60.1 Å². The third-order valence-corrected chi connectivity index (χ3v) is 5.36. The van der Waals surface area contributed by atoms with Crippen LogP contribution in [0, 0.1) is 17.6 Å². The maximum atomic E-state index is 13.3. The van der Waals surface area contributed by atoms with Crippen molar-refractivity contribution in [2.24, 2.45) is 11.7 Å². The number of anilines is 2. The Morgan fingerprint density at radius 1 is 0.846 bits per heavy atom. The highest BCUT2D eigenvalue weighted by Crippen LogP contribution is 2.28.